The molecule has 0 spiro atoms. The van der Waals surface area contributed by atoms with Crippen molar-refractivity contribution in [1.29, 1.82) is 0 Å². The molecule has 0 saturated carbocycles. The van der Waals surface area contributed by atoms with Gasteiger partial charge in [-0.2, -0.15) is 0 Å². The normalized spacial score (nSPS) is 13.2. The van der Waals surface area contributed by atoms with Crippen LogP contribution in [-0.2, 0) is 0 Å². The van der Waals surface area contributed by atoms with Gasteiger partial charge in [0, 0.05) is 0 Å². The first-order valence-corrected chi connectivity index (χ1v) is 5.15. The number of alkyl halides is 2. The lowest BCUT2D eigenvalue weighted by Crippen LogP contribution is -2.27. The summed E-state index contributed by atoms with van der Waals surface area (Å²) < 4.78 is 25.6. The molecule has 1 rings (SSSR count). The van der Waals surface area contributed by atoms with Crippen molar-refractivity contribution in [3.05, 3.63) is 34.9 Å². The zero-order valence-corrected chi connectivity index (χ0v) is 9.35. The molecule has 0 amide bonds. The molecule has 1 aromatic rings. The van der Waals surface area contributed by atoms with Crippen LogP contribution in [-0.4, -0.2) is 13.0 Å². The topological polar surface area (TPSA) is 12.0 Å². The maximum absolute atomic E-state index is 12.8. The Hall–Kier alpha value is -0.960. The van der Waals surface area contributed by atoms with Gasteiger partial charge in [-0.1, -0.05) is 30.7 Å². The Labute approximate surface area is 89.5 Å². The summed E-state index contributed by atoms with van der Waals surface area (Å²) in [5.41, 5.74) is 2.62. The van der Waals surface area contributed by atoms with Crippen LogP contribution >= 0.6 is 0 Å². The van der Waals surface area contributed by atoms with Crippen LogP contribution in [0.15, 0.2) is 18.2 Å². The van der Waals surface area contributed by atoms with Crippen LogP contribution in [0.2, 0.25) is 0 Å². The first kappa shape index (κ1) is 12.1. The lowest BCUT2D eigenvalue weighted by atomic mass is 9.99. The number of nitrogens with one attached hydrogen (secondary N) is 1. The van der Waals surface area contributed by atoms with E-state index in [1.807, 2.05) is 39.0 Å². The van der Waals surface area contributed by atoms with Gasteiger partial charge in [-0.05, 0) is 31.5 Å². The second kappa shape index (κ2) is 5.21. The quantitative estimate of drug-likeness (QED) is 0.809. The van der Waals surface area contributed by atoms with E-state index in [1.165, 1.54) is 0 Å². The molecule has 1 unspecified atom stereocenters. The fourth-order valence-corrected chi connectivity index (χ4v) is 1.65. The van der Waals surface area contributed by atoms with E-state index in [0.29, 0.717) is 12.1 Å². The molecular weight excluding hydrogens is 196 g/mol. The van der Waals surface area contributed by atoms with Crippen LogP contribution in [0.4, 0.5) is 8.78 Å². The number of hydrogen-bond donors (Lipinski definition) is 1. The molecule has 1 aromatic carbocycles. The Morgan fingerprint density at radius 3 is 2.47 bits per heavy atom. The number of benzene rings is 1. The average Bonchev–Trinajstić information content (AvgIpc) is 2.18. The summed E-state index contributed by atoms with van der Waals surface area (Å²) in [5, 5.41) is 2.82. The Morgan fingerprint density at radius 1 is 1.27 bits per heavy atom. The molecule has 0 radical (unpaired) electrons. The number of halogens is 2. The van der Waals surface area contributed by atoms with Gasteiger partial charge < -0.3 is 5.32 Å². The molecule has 1 atom stereocenters. The van der Waals surface area contributed by atoms with Crippen LogP contribution < -0.4 is 5.32 Å². The number of aryl methyl sites for hydroxylation is 2. The largest absolute Gasteiger partial charge is 0.305 e. The average molecular weight is 213 g/mol. The molecule has 0 fully saturated rings. The molecule has 3 heteroatoms. The molecule has 0 aliphatic carbocycles. The van der Waals surface area contributed by atoms with Gasteiger partial charge in [-0.3, -0.25) is 0 Å². The predicted octanol–water partition coefficient (Wildman–Crippen LogP) is 3.22. The van der Waals surface area contributed by atoms with Gasteiger partial charge in [-0.25, -0.2) is 8.78 Å². The maximum atomic E-state index is 12.8. The van der Waals surface area contributed by atoms with Gasteiger partial charge in [0.25, 0.3) is 6.43 Å². The molecule has 0 aliphatic heterocycles. The van der Waals surface area contributed by atoms with Crippen LogP contribution in [0.3, 0.4) is 0 Å². The molecule has 1 N–H and O–H groups in total. The third-order valence-corrected chi connectivity index (χ3v) is 2.45. The highest BCUT2D eigenvalue weighted by Crippen LogP contribution is 2.24. The molecule has 0 aromatic heterocycles. The van der Waals surface area contributed by atoms with Gasteiger partial charge in [0.05, 0.1) is 6.04 Å². The van der Waals surface area contributed by atoms with Crippen molar-refractivity contribution in [3.8, 4) is 0 Å². The Bertz CT molecular complexity index is 323. The fourth-order valence-electron chi connectivity index (χ4n) is 1.65. The highest BCUT2D eigenvalue weighted by atomic mass is 19.3. The third-order valence-electron chi connectivity index (χ3n) is 2.45. The lowest BCUT2D eigenvalue weighted by molar-refractivity contribution is 0.0990. The van der Waals surface area contributed by atoms with Crippen LogP contribution in [0.5, 0.6) is 0 Å². The summed E-state index contributed by atoms with van der Waals surface area (Å²) in [6.45, 7) is 6.15. The second-order valence-corrected chi connectivity index (χ2v) is 3.73. The van der Waals surface area contributed by atoms with E-state index in [4.69, 9.17) is 0 Å². The van der Waals surface area contributed by atoms with Crippen LogP contribution in [0, 0.1) is 13.8 Å². The molecule has 0 saturated heterocycles. The maximum Gasteiger partial charge on any atom is 0.257 e. The van der Waals surface area contributed by atoms with Gasteiger partial charge in [0.2, 0.25) is 0 Å². The van der Waals surface area contributed by atoms with Crippen molar-refractivity contribution in [2.75, 3.05) is 6.54 Å². The van der Waals surface area contributed by atoms with Crippen molar-refractivity contribution in [2.45, 2.75) is 33.2 Å². The number of hydrogen-bond acceptors (Lipinski definition) is 1. The van der Waals surface area contributed by atoms with E-state index in [1.54, 1.807) is 0 Å². The summed E-state index contributed by atoms with van der Waals surface area (Å²) in [6.07, 6.45) is -2.37. The SMILES string of the molecule is CCNC(c1cc(C)ccc1C)C(F)F. The van der Waals surface area contributed by atoms with E-state index in [0.717, 1.165) is 11.1 Å². The summed E-state index contributed by atoms with van der Waals surface area (Å²) >= 11 is 0. The summed E-state index contributed by atoms with van der Waals surface area (Å²) in [4.78, 5) is 0. The van der Waals surface area contributed by atoms with Crippen molar-refractivity contribution < 1.29 is 8.78 Å². The monoisotopic (exact) mass is 213 g/mol. The summed E-state index contributed by atoms with van der Waals surface area (Å²) in [7, 11) is 0. The predicted molar refractivity (Wildman–Crippen MR) is 58.3 cm³/mol. The van der Waals surface area contributed by atoms with Gasteiger partial charge in [0.15, 0.2) is 0 Å². The van der Waals surface area contributed by atoms with Gasteiger partial charge in [-0.15, -0.1) is 0 Å². The number of rotatable bonds is 4. The summed E-state index contributed by atoms with van der Waals surface area (Å²) in [5.74, 6) is 0. The Kier molecular flexibility index (Phi) is 4.21. The Balaban J connectivity index is 3.04. The van der Waals surface area contributed by atoms with Crippen LogP contribution in [0.25, 0.3) is 0 Å². The minimum Gasteiger partial charge on any atom is -0.305 e. The Morgan fingerprint density at radius 2 is 1.93 bits per heavy atom. The van der Waals surface area contributed by atoms with E-state index in [2.05, 4.69) is 5.32 Å². The first-order valence-electron chi connectivity index (χ1n) is 5.15. The zero-order valence-electron chi connectivity index (χ0n) is 9.35. The van der Waals surface area contributed by atoms with Crippen LogP contribution in [0.1, 0.15) is 29.7 Å². The molecule has 0 aliphatic rings. The van der Waals surface area contributed by atoms with E-state index >= 15 is 0 Å². The van der Waals surface area contributed by atoms with Gasteiger partial charge >= 0.3 is 0 Å². The van der Waals surface area contributed by atoms with E-state index in [9.17, 15) is 8.78 Å². The minimum absolute atomic E-state index is 0.544. The molecule has 15 heavy (non-hydrogen) atoms. The molecule has 0 bridgehead atoms. The first-order chi connectivity index (χ1) is 7.06. The van der Waals surface area contributed by atoms with Gasteiger partial charge in [0.1, 0.15) is 0 Å². The standard InChI is InChI=1S/C12H17F2N/c1-4-15-11(12(13)14)10-7-8(2)5-6-9(10)3/h5-7,11-12,15H,4H2,1-3H3. The molecule has 0 heterocycles. The van der Waals surface area contributed by atoms with Crippen molar-refractivity contribution in [3.63, 3.8) is 0 Å². The molecular formula is C12H17F2N. The highest BCUT2D eigenvalue weighted by Gasteiger charge is 2.22. The molecule has 1 nitrogen and oxygen atoms in total. The van der Waals surface area contributed by atoms with Crippen molar-refractivity contribution in [2.24, 2.45) is 0 Å². The summed E-state index contributed by atoms with van der Waals surface area (Å²) in [6, 6.07) is 4.80. The van der Waals surface area contributed by atoms with E-state index < -0.39 is 12.5 Å². The lowest BCUT2D eigenvalue weighted by Gasteiger charge is -2.19. The highest BCUT2D eigenvalue weighted by molar-refractivity contribution is 5.33. The zero-order chi connectivity index (χ0) is 11.4. The van der Waals surface area contributed by atoms with Crippen molar-refractivity contribution >= 4 is 0 Å². The van der Waals surface area contributed by atoms with Crippen molar-refractivity contribution in [1.82, 2.24) is 5.32 Å². The minimum atomic E-state index is -2.37. The smallest absolute Gasteiger partial charge is 0.257 e. The van der Waals surface area contributed by atoms with E-state index in [-0.39, 0.29) is 0 Å². The molecule has 84 valence electrons. The fraction of sp³-hybridized carbons (Fsp3) is 0.500. The second-order valence-electron chi connectivity index (χ2n) is 3.73. The third kappa shape index (κ3) is 2.99.